The summed E-state index contributed by atoms with van der Waals surface area (Å²) in [4.78, 5) is 35.8. The Morgan fingerprint density at radius 3 is 2.81 bits per heavy atom. The standard InChI is InChI=1S/C20H18ClFN6O3/c1-31-16-10-26-18(12-8-11(21)2-3-14(12)22)28-19(16)27-15-4-6-24-9-13(15)20(30)25-7-5-17(23)29/h2-4,6,8-10H,5,7H2,1H3,(H2,23,29)(H,25,30)(H,24,26,27,28). The average Bonchev–Trinajstić information content (AvgIpc) is 2.75. The Bertz CT molecular complexity index is 1130. The number of ether oxygens (including phenoxy) is 1. The lowest BCUT2D eigenvalue weighted by Crippen LogP contribution is -2.28. The molecular weight excluding hydrogens is 427 g/mol. The van der Waals surface area contributed by atoms with Crippen molar-refractivity contribution in [2.24, 2.45) is 5.73 Å². The van der Waals surface area contributed by atoms with Crippen LogP contribution in [-0.4, -0.2) is 40.4 Å². The highest BCUT2D eigenvalue weighted by atomic mass is 35.5. The average molecular weight is 445 g/mol. The van der Waals surface area contributed by atoms with Gasteiger partial charge in [0.1, 0.15) is 5.82 Å². The zero-order valence-corrected chi connectivity index (χ0v) is 17.1. The number of carbonyl (C=O) groups excluding carboxylic acids is 2. The van der Waals surface area contributed by atoms with Gasteiger partial charge in [-0.15, -0.1) is 0 Å². The molecule has 0 saturated carbocycles. The van der Waals surface area contributed by atoms with E-state index in [1.54, 1.807) is 6.07 Å². The lowest BCUT2D eigenvalue weighted by molar-refractivity contribution is -0.117. The number of anilines is 2. The molecule has 0 aliphatic heterocycles. The van der Waals surface area contributed by atoms with Crippen LogP contribution in [0.1, 0.15) is 16.8 Å². The van der Waals surface area contributed by atoms with E-state index < -0.39 is 17.6 Å². The summed E-state index contributed by atoms with van der Waals surface area (Å²) in [5.74, 6) is -1.00. The Morgan fingerprint density at radius 1 is 1.26 bits per heavy atom. The molecule has 3 aromatic rings. The number of nitrogens with two attached hydrogens (primary N) is 1. The number of primary amides is 1. The van der Waals surface area contributed by atoms with Crippen LogP contribution in [0.5, 0.6) is 5.75 Å². The number of carbonyl (C=O) groups is 2. The zero-order chi connectivity index (χ0) is 22.4. The number of methoxy groups -OCH3 is 1. The smallest absolute Gasteiger partial charge is 0.254 e. The van der Waals surface area contributed by atoms with Gasteiger partial charge in [-0.3, -0.25) is 14.6 Å². The molecule has 3 rings (SSSR count). The van der Waals surface area contributed by atoms with Crippen molar-refractivity contribution in [2.75, 3.05) is 19.0 Å². The Labute approximate surface area is 181 Å². The minimum Gasteiger partial charge on any atom is -0.491 e. The number of rotatable bonds is 8. The van der Waals surface area contributed by atoms with Gasteiger partial charge in [0.2, 0.25) is 5.91 Å². The molecule has 1 aromatic carbocycles. The Hall–Kier alpha value is -3.79. The topological polar surface area (TPSA) is 132 Å². The van der Waals surface area contributed by atoms with Crippen LogP contribution >= 0.6 is 11.6 Å². The summed E-state index contributed by atoms with van der Waals surface area (Å²) in [5.41, 5.74) is 5.75. The molecule has 2 heterocycles. The van der Waals surface area contributed by atoms with Gasteiger partial charge in [-0.2, -0.15) is 0 Å². The predicted octanol–water partition coefficient (Wildman–Crippen LogP) is 2.69. The SMILES string of the molecule is COc1cnc(-c2cc(Cl)ccc2F)nc1Nc1ccncc1C(=O)NCCC(N)=O. The van der Waals surface area contributed by atoms with Crippen LogP contribution in [-0.2, 0) is 4.79 Å². The highest BCUT2D eigenvalue weighted by Gasteiger charge is 2.17. The van der Waals surface area contributed by atoms with E-state index in [4.69, 9.17) is 22.1 Å². The fraction of sp³-hybridized carbons (Fsp3) is 0.150. The van der Waals surface area contributed by atoms with Crippen LogP contribution in [0.25, 0.3) is 11.4 Å². The molecule has 0 spiro atoms. The maximum atomic E-state index is 14.3. The van der Waals surface area contributed by atoms with Crippen molar-refractivity contribution >= 4 is 34.9 Å². The summed E-state index contributed by atoms with van der Waals surface area (Å²) in [6.07, 6.45) is 4.21. The summed E-state index contributed by atoms with van der Waals surface area (Å²) >= 11 is 5.97. The monoisotopic (exact) mass is 444 g/mol. The number of halogens is 2. The van der Waals surface area contributed by atoms with Crippen molar-refractivity contribution in [1.29, 1.82) is 0 Å². The molecule has 31 heavy (non-hydrogen) atoms. The second-order valence-corrected chi connectivity index (χ2v) is 6.69. The fourth-order valence-electron chi connectivity index (χ4n) is 2.61. The van der Waals surface area contributed by atoms with E-state index in [1.807, 2.05) is 0 Å². The van der Waals surface area contributed by atoms with Gasteiger partial charge in [0.05, 0.1) is 30.1 Å². The predicted molar refractivity (Wildman–Crippen MR) is 113 cm³/mol. The molecule has 0 fully saturated rings. The van der Waals surface area contributed by atoms with Crippen molar-refractivity contribution < 1.29 is 18.7 Å². The molecule has 0 saturated heterocycles. The number of hydrogen-bond acceptors (Lipinski definition) is 7. The van der Waals surface area contributed by atoms with E-state index in [2.05, 4.69) is 25.6 Å². The summed E-state index contributed by atoms with van der Waals surface area (Å²) in [6.45, 7) is 0.0809. The largest absolute Gasteiger partial charge is 0.491 e. The lowest BCUT2D eigenvalue weighted by atomic mass is 10.2. The van der Waals surface area contributed by atoms with Crippen molar-refractivity contribution in [2.45, 2.75) is 6.42 Å². The third-order valence-electron chi connectivity index (χ3n) is 4.12. The molecule has 0 bridgehead atoms. The van der Waals surface area contributed by atoms with Crippen LogP contribution in [0, 0.1) is 5.82 Å². The third-order valence-corrected chi connectivity index (χ3v) is 4.36. The Kier molecular flexibility index (Phi) is 6.93. The van der Waals surface area contributed by atoms with E-state index in [-0.39, 0.29) is 41.5 Å². The van der Waals surface area contributed by atoms with Crippen LogP contribution in [0.2, 0.25) is 5.02 Å². The van der Waals surface area contributed by atoms with E-state index in [1.165, 1.54) is 43.9 Å². The first-order chi connectivity index (χ1) is 14.9. The van der Waals surface area contributed by atoms with E-state index in [0.717, 1.165) is 0 Å². The molecule has 2 amide bonds. The third kappa shape index (κ3) is 5.43. The van der Waals surface area contributed by atoms with Gasteiger partial charge in [-0.05, 0) is 24.3 Å². The fourth-order valence-corrected chi connectivity index (χ4v) is 2.79. The van der Waals surface area contributed by atoms with Crippen LogP contribution in [0.4, 0.5) is 15.9 Å². The number of hydrogen-bond donors (Lipinski definition) is 3. The van der Waals surface area contributed by atoms with E-state index in [0.29, 0.717) is 10.7 Å². The van der Waals surface area contributed by atoms with Crippen LogP contribution in [0.15, 0.2) is 42.9 Å². The molecule has 2 aromatic heterocycles. The van der Waals surface area contributed by atoms with Gasteiger partial charge in [-0.1, -0.05) is 11.6 Å². The van der Waals surface area contributed by atoms with Gasteiger partial charge >= 0.3 is 0 Å². The summed E-state index contributed by atoms with van der Waals surface area (Å²) in [5, 5.41) is 5.91. The molecule has 11 heteroatoms. The molecule has 0 radical (unpaired) electrons. The number of amides is 2. The number of pyridine rings is 1. The molecule has 0 aliphatic carbocycles. The van der Waals surface area contributed by atoms with Crippen LogP contribution < -0.4 is 21.1 Å². The van der Waals surface area contributed by atoms with Crippen molar-refractivity contribution in [1.82, 2.24) is 20.3 Å². The van der Waals surface area contributed by atoms with Gasteiger partial charge in [0, 0.05) is 30.4 Å². The quantitative estimate of drug-likeness (QED) is 0.486. The first kappa shape index (κ1) is 21.9. The van der Waals surface area contributed by atoms with Crippen molar-refractivity contribution in [3.8, 4) is 17.1 Å². The highest BCUT2D eigenvalue weighted by Crippen LogP contribution is 2.30. The highest BCUT2D eigenvalue weighted by molar-refractivity contribution is 6.30. The minimum absolute atomic E-state index is 0.00303. The van der Waals surface area contributed by atoms with Gasteiger partial charge < -0.3 is 21.1 Å². The van der Waals surface area contributed by atoms with Crippen LogP contribution in [0.3, 0.4) is 0 Å². The number of aromatic nitrogens is 3. The van der Waals surface area contributed by atoms with Crippen molar-refractivity contribution in [3.05, 3.63) is 59.3 Å². The first-order valence-corrected chi connectivity index (χ1v) is 9.41. The molecular formula is C20H18ClFN6O3. The Balaban J connectivity index is 1.93. The van der Waals surface area contributed by atoms with Gasteiger partial charge in [-0.25, -0.2) is 14.4 Å². The number of benzene rings is 1. The normalized spacial score (nSPS) is 10.4. The molecule has 0 unspecified atom stereocenters. The number of nitrogens with one attached hydrogen (secondary N) is 2. The van der Waals surface area contributed by atoms with Crippen molar-refractivity contribution in [3.63, 3.8) is 0 Å². The molecule has 160 valence electrons. The minimum atomic E-state index is -0.543. The molecule has 9 nitrogen and oxygen atoms in total. The first-order valence-electron chi connectivity index (χ1n) is 9.03. The van der Waals surface area contributed by atoms with E-state index in [9.17, 15) is 14.0 Å². The zero-order valence-electron chi connectivity index (χ0n) is 16.4. The molecule has 0 aliphatic rings. The van der Waals surface area contributed by atoms with Gasteiger partial charge in [0.25, 0.3) is 5.91 Å². The number of nitrogens with zero attached hydrogens (tertiary/aromatic N) is 3. The maximum absolute atomic E-state index is 14.3. The Morgan fingerprint density at radius 2 is 2.06 bits per heavy atom. The molecule has 0 atom stereocenters. The summed E-state index contributed by atoms with van der Waals surface area (Å²) in [6, 6.07) is 5.61. The summed E-state index contributed by atoms with van der Waals surface area (Å²) < 4.78 is 19.5. The second-order valence-electron chi connectivity index (χ2n) is 6.25. The van der Waals surface area contributed by atoms with Gasteiger partial charge in [0.15, 0.2) is 17.4 Å². The second kappa shape index (κ2) is 9.81. The lowest BCUT2D eigenvalue weighted by Gasteiger charge is -2.14. The maximum Gasteiger partial charge on any atom is 0.254 e. The summed E-state index contributed by atoms with van der Waals surface area (Å²) in [7, 11) is 1.42. The van der Waals surface area contributed by atoms with E-state index >= 15 is 0 Å². The molecule has 4 N–H and O–H groups in total.